The fourth-order valence-corrected chi connectivity index (χ4v) is 7.33. The minimum atomic E-state index is -3.63. The van der Waals surface area contributed by atoms with Crippen LogP contribution >= 0.6 is 7.60 Å². The second-order valence-electron chi connectivity index (χ2n) is 7.72. The molecule has 0 saturated heterocycles. The van der Waals surface area contributed by atoms with Gasteiger partial charge in [-0.2, -0.15) is 0 Å². The molecule has 7 nitrogen and oxygen atoms in total. The van der Waals surface area contributed by atoms with E-state index in [2.05, 4.69) is 5.32 Å². The van der Waals surface area contributed by atoms with Gasteiger partial charge in [0.05, 0.1) is 0 Å². The Balaban J connectivity index is 1.99. The Morgan fingerprint density at radius 2 is 1.68 bits per heavy atom. The number of Topliss-reactive ketones (excluding diaryl/α,β-unsaturated/α-hetero) is 2. The number of rotatable bonds is 7. The molecular weight excluding hydrogens is 489 g/mol. The molecule has 0 fully saturated rings. The molecule has 0 heterocycles. The number of carbonyl (C=O) groups is 2. The molecule has 9 heteroatoms. The number of anilines is 1. The molecule has 0 aromatic heterocycles. The zero-order valence-electron chi connectivity index (χ0n) is 18.1. The van der Waals surface area contributed by atoms with E-state index in [1.807, 2.05) is 19.1 Å². The zero-order chi connectivity index (χ0) is 22.8. The van der Waals surface area contributed by atoms with E-state index in [1.165, 1.54) is 0 Å². The SMILES string of the molecule is CCOP(=O)(OCC)c1ccccc1NC(=N)C1C(=O)c2ccccc2[C](C)([Rb])C1=O. The Morgan fingerprint density at radius 1 is 1.10 bits per heavy atom. The molecule has 158 valence electrons. The number of ketones is 2. The average Bonchev–Trinajstić information content (AvgIpc) is 2.73. The number of para-hydroxylation sites is 1. The van der Waals surface area contributed by atoms with Crippen LogP contribution in [0.5, 0.6) is 0 Å². The summed E-state index contributed by atoms with van der Waals surface area (Å²) in [5.41, 5.74) is 1.56. The summed E-state index contributed by atoms with van der Waals surface area (Å²) in [6, 6.07) is 13.8. The van der Waals surface area contributed by atoms with Crippen molar-refractivity contribution in [2.45, 2.75) is 19.3 Å². The quantitative estimate of drug-likeness (QED) is 0.255. The van der Waals surface area contributed by atoms with Gasteiger partial charge in [-0.25, -0.2) is 0 Å². The number of benzene rings is 2. The van der Waals surface area contributed by atoms with Gasteiger partial charge in [0.15, 0.2) is 0 Å². The summed E-state index contributed by atoms with van der Waals surface area (Å²) in [5.74, 6) is -2.12. The molecular formula is C22H24N2O5PRb. The molecule has 2 aromatic carbocycles. The van der Waals surface area contributed by atoms with Crippen molar-refractivity contribution in [1.82, 2.24) is 0 Å². The number of amidine groups is 1. The van der Waals surface area contributed by atoms with E-state index >= 15 is 0 Å². The van der Waals surface area contributed by atoms with Crippen molar-refractivity contribution in [3.63, 3.8) is 0 Å². The number of hydrogen-bond donors (Lipinski definition) is 2. The van der Waals surface area contributed by atoms with Crippen molar-refractivity contribution in [2.75, 3.05) is 18.5 Å². The fourth-order valence-electron chi connectivity index (χ4n) is 3.82. The second kappa shape index (κ2) is 10.00. The number of carbonyl (C=O) groups excluding carboxylic acids is 2. The van der Waals surface area contributed by atoms with Crippen molar-refractivity contribution in [2.24, 2.45) is 5.92 Å². The molecule has 0 saturated carbocycles. The van der Waals surface area contributed by atoms with Crippen molar-refractivity contribution < 1.29 is 23.2 Å². The van der Waals surface area contributed by atoms with Crippen LogP contribution in [0.15, 0.2) is 48.5 Å². The van der Waals surface area contributed by atoms with Crippen LogP contribution in [0, 0.1) is 11.3 Å². The minimum absolute atomic E-state index is 0.144. The van der Waals surface area contributed by atoms with Gasteiger partial charge < -0.3 is 0 Å². The van der Waals surface area contributed by atoms with Gasteiger partial charge >= 0.3 is 223 Å². The first-order valence-electron chi connectivity index (χ1n) is 10.2. The summed E-state index contributed by atoms with van der Waals surface area (Å²) in [6.07, 6.45) is 0. The van der Waals surface area contributed by atoms with Crippen molar-refractivity contribution in [3.8, 4) is 0 Å². The van der Waals surface area contributed by atoms with Gasteiger partial charge in [0.2, 0.25) is 0 Å². The molecule has 2 unspecified atom stereocenters. The monoisotopic (exact) mass is 512 g/mol. The van der Waals surface area contributed by atoms with E-state index in [0.717, 1.165) is 5.56 Å². The van der Waals surface area contributed by atoms with Gasteiger partial charge in [0.1, 0.15) is 0 Å². The molecule has 2 N–H and O–H groups in total. The van der Waals surface area contributed by atoms with E-state index in [9.17, 15) is 14.2 Å². The number of hydrogen-bond acceptors (Lipinski definition) is 6. The molecule has 1 aliphatic rings. The molecule has 0 spiro atoms. The molecule has 0 amide bonds. The first-order valence-corrected chi connectivity index (χ1v) is 14.2. The van der Waals surface area contributed by atoms with Crippen LogP contribution in [0.25, 0.3) is 0 Å². The van der Waals surface area contributed by atoms with Gasteiger partial charge in [-0.15, -0.1) is 0 Å². The molecule has 2 aromatic rings. The Kier molecular flexibility index (Phi) is 8.01. The van der Waals surface area contributed by atoms with E-state index in [1.54, 1.807) is 50.2 Å². The maximum atomic E-state index is 13.3. The Bertz CT molecular complexity index is 1080. The van der Waals surface area contributed by atoms with Crippen LogP contribution in [-0.4, -0.2) is 86.2 Å². The van der Waals surface area contributed by atoms with Crippen molar-refractivity contribution >= 4 is 91.5 Å². The second-order valence-corrected chi connectivity index (χ2v) is 14.6. The van der Waals surface area contributed by atoms with Crippen molar-refractivity contribution in [1.29, 1.82) is 5.41 Å². The predicted octanol–water partition coefficient (Wildman–Crippen LogP) is 3.43. The van der Waals surface area contributed by atoms with E-state index in [-0.39, 0.29) is 91.5 Å². The van der Waals surface area contributed by atoms with Crippen LogP contribution in [0.4, 0.5) is 5.69 Å². The normalized spacial score (nSPS) is 21.0. The fraction of sp³-hybridized carbons (Fsp3) is 0.318. The standard InChI is InChI=1S/C22H24N2O5P.Rb/c1-4-28-30(27,29-5-2)18-13-9-8-12-17(18)24-22(23)19-20(25)14(3)15-10-6-7-11-16(15)21(19)26;/h6-13,19H,4-5H2,1-3H3,(H2,23,24);. The summed E-state index contributed by atoms with van der Waals surface area (Å²) < 4.78 is 23.5. The summed E-state index contributed by atoms with van der Waals surface area (Å²) in [7, 11) is -3.63. The number of nitrogens with one attached hydrogen (secondary N) is 2. The summed E-state index contributed by atoms with van der Waals surface area (Å²) in [5, 5.41) is 11.7. The molecule has 1 aliphatic carbocycles. The van der Waals surface area contributed by atoms with Gasteiger partial charge in [-0.05, 0) is 0 Å². The number of fused-ring (bicyclic) bond motifs is 1. The Morgan fingerprint density at radius 3 is 2.32 bits per heavy atom. The molecule has 0 bridgehead atoms. The van der Waals surface area contributed by atoms with Crippen LogP contribution in [0.2, 0.25) is 0 Å². The molecule has 0 radical (unpaired) electrons. The molecule has 2 atom stereocenters. The summed E-state index contributed by atoms with van der Waals surface area (Å²) in [6.45, 7) is 5.65. The van der Waals surface area contributed by atoms with Gasteiger partial charge in [-0.1, -0.05) is 0 Å². The zero-order valence-corrected chi connectivity index (χ0v) is 23.9. The van der Waals surface area contributed by atoms with Crippen LogP contribution < -0.4 is 10.6 Å². The maximum absolute atomic E-state index is 13.3. The van der Waals surface area contributed by atoms with Gasteiger partial charge in [0.25, 0.3) is 0 Å². The summed E-state index contributed by atoms with van der Waals surface area (Å²) in [4.78, 5) is 26.4. The molecule has 31 heavy (non-hydrogen) atoms. The Labute approximate surface area is 221 Å². The van der Waals surface area contributed by atoms with Crippen LogP contribution in [-0.2, 0) is 16.9 Å². The topological polar surface area (TPSA) is 106 Å². The van der Waals surface area contributed by atoms with E-state index < -0.39 is 12.0 Å². The third-order valence-corrected chi connectivity index (χ3v) is 10.1. The third kappa shape index (κ3) is 4.79. The van der Waals surface area contributed by atoms with Crippen LogP contribution in [0.3, 0.4) is 0 Å². The Hall–Kier alpha value is -0.795. The predicted molar refractivity (Wildman–Crippen MR) is 121 cm³/mol. The average molecular weight is 513 g/mol. The molecule has 0 aliphatic heterocycles. The summed E-state index contributed by atoms with van der Waals surface area (Å²) >= 11 is -0.144. The van der Waals surface area contributed by atoms with Gasteiger partial charge in [-0.3, -0.25) is 0 Å². The molecule has 3 rings (SSSR count). The first kappa shape index (κ1) is 24.8. The van der Waals surface area contributed by atoms with Crippen molar-refractivity contribution in [3.05, 3.63) is 59.7 Å². The third-order valence-electron chi connectivity index (χ3n) is 5.36. The van der Waals surface area contributed by atoms with E-state index in [4.69, 9.17) is 14.5 Å². The van der Waals surface area contributed by atoms with E-state index in [0.29, 0.717) is 11.3 Å². The first-order chi connectivity index (χ1) is 14.7. The van der Waals surface area contributed by atoms with Crippen LogP contribution in [0.1, 0.15) is 36.7 Å². The van der Waals surface area contributed by atoms with Gasteiger partial charge in [0, 0.05) is 0 Å².